The molecule has 0 aliphatic rings. The summed E-state index contributed by atoms with van der Waals surface area (Å²) < 4.78 is 10.2. The molecule has 0 aliphatic heterocycles. The van der Waals surface area contributed by atoms with Gasteiger partial charge in [0.05, 0.1) is 0 Å². The maximum Gasteiger partial charge on any atom is 0.707 e. The summed E-state index contributed by atoms with van der Waals surface area (Å²) in [5, 5.41) is 17.5. The smallest absolute Gasteiger partial charge is 0.508 e. The van der Waals surface area contributed by atoms with Crippen LogP contribution in [-0.2, 0) is 0 Å². The lowest BCUT2D eigenvalue weighted by molar-refractivity contribution is 0.280. The Morgan fingerprint density at radius 2 is 1.83 bits per heavy atom. The minimum atomic E-state index is -1.93. The predicted octanol–water partition coefficient (Wildman–Crippen LogP) is 0.804. The largest absolute Gasteiger partial charge is 0.707 e. The van der Waals surface area contributed by atoms with Gasteiger partial charge in [0.1, 0.15) is 5.75 Å². The van der Waals surface area contributed by atoms with Crippen LogP contribution in [0.15, 0.2) is 42.6 Å². The number of nitrogens with two attached hydrogens (primary N) is 1. The van der Waals surface area contributed by atoms with E-state index in [9.17, 15) is 0 Å². The number of ether oxygens (including phenoxy) is 1. The van der Waals surface area contributed by atoms with Crippen LogP contribution in [0.1, 0.15) is 0 Å². The van der Waals surface area contributed by atoms with Gasteiger partial charge in [0.15, 0.2) is 5.75 Å². The Morgan fingerprint density at radius 3 is 2.50 bits per heavy atom. The van der Waals surface area contributed by atoms with Crippen molar-refractivity contribution >= 4 is 13.0 Å². The van der Waals surface area contributed by atoms with Crippen LogP contribution in [0.4, 0.5) is 5.69 Å². The third-order valence-electron chi connectivity index (χ3n) is 2.06. The van der Waals surface area contributed by atoms with Crippen molar-refractivity contribution in [2.45, 2.75) is 0 Å². The van der Waals surface area contributed by atoms with Gasteiger partial charge in [0, 0.05) is 11.9 Å². The molecular weight excluding hydrogens is 235 g/mol. The van der Waals surface area contributed by atoms with E-state index in [2.05, 4.69) is 4.98 Å². The Balaban J connectivity index is 2.20. The Morgan fingerprint density at radius 1 is 1.11 bits per heavy atom. The molecule has 0 saturated carbocycles. The van der Waals surface area contributed by atoms with Gasteiger partial charge in [-0.3, -0.25) is 0 Å². The second-order valence-electron chi connectivity index (χ2n) is 3.42. The summed E-state index contributed by atoms with van der Waals surface area (Å²) in [6.45, 7) is 0. The number of hydrogen-bond donors (Lipinski definition) is 3. The topological polar surface area (TPSA) is 97.8 Å². The first-order chi connectivity index (χ1) is 8.65. The van der Waals surface area contributed by atoms with Crippen molar-refractivity contribution in [2.75, 3.05) is 5.73 Å². The number of nitrogen functional groups attached to an aromatic ring is 1. The molecule has 0 fully saturated rings. The highest BCUT2D eigenvalue weighted by atomic mass is 16.6. The molecule has 0 radical (unpaired) electrons. The normalized spacial score (nSPS) is 9.89. The maximum atomic E-state index is 8.77. The van der Waals surface area contributed by atoms with E-state index in [1.807, 2.05) is 0 Å². The quantitative estimate of drug-likeness (QED) is 0.545. The van der Waals surface area contributed by atoms with Gasteiger partial charge >= 0.3 is 7.32 Å². The molecule has 92 valence electrons. The van der Waals surface area contributed by atoms with Crippen LogP contribution in [0.3, 0.4) is 0 Å². The van der Waals surface area contributed by atoms with Crippen LogP contribution in [-0.4, -0.2) is 22.4 Å². The second kappa shape index (κ2) is 5.39. The minimum Gasteiger partial charge on any atom is -0.508 e. The van der Waals surface area contributed by atoms with E-state index in [1.54, 1.807) is 30.3 Å². The first-order valence-corrected chi connectivity index (χ1v) is 5.16. The minimum absolute atomic E-state index is 0.129. The molecule has 1 aromatic heterocycles. The molecule has 2 rings (SSSR count). The van der Waals surface area contributed by atoms with Crippen molar-refractivity contribution in [3.05, 3.63) is 42.6 Å². The van der Waals surface area contributed by atoms with Crippen LogP contribution in [0, 0.1) is 0 Å². The lowest BCUT2D eigenvalue weighted by Gasteiger charge is -2.10. The second-order valence-corrected chi connectivity index (χ2v) is 3.42. The first-order valence-electron chi connectivity index (χ1n) is 5.16. The van der Waals surface area contributed by atoms with Gasteiger partial charge in [-0.05, 0) is 36.4 Å². The van der Waals surface area contributed by atoms with Gasteiger partial charge in [-0.1, -0.05) is 0 Å². The van der Waals surface area contributed by atoms with Gasteiger partial charge in [0.2, 0.25) is 0 Å². The van der Waals surface area contributed by atoms with Gasteiger partial charge < -0.3 is 25.2 Å². The van der Waals surface area contributed by atoms with Gasteiger partial charge in [-0.25, -0.2) is 4.98 Å². The maximum absolute atomic E-state index is 8.77. The van der Waals surface area contributed by atoms with Crippen molar-refractivity contribution in [3.8, 4) is 17.4 Å². The molecule has 0 bridgehead atoms. The van der Waals surface area contributed by atoms with E-state index < -0.39 is 7.32 Å². The highest BCUT2D eigenvalue weighted by Crippen LogP contribution is 2.29. The van der Waals surface area contributed by atoms with Gasteiger partial charge in [-0.15, -0.1) is 0 Å². The summed E-state index contributed by atoms with van der Waals surface area (Å²) in [5.74, 6) is 0.778. The number of nitrogens with zero attached hydrogens (tertiary/aromatic N) is 1. The Hall–Kier alpha value is -2.25. The highest BCUT2D eigenvalue weighted by molar-refractivity contribution is 6.33. The SMILES string of the molecule is Nc1ccc(Oc2ncccc2OB(O)O)cc1. The third-order valence-corrected chi connectivity index (χ3v) is 2.06. The number of rotatable bonds is 4. The molecular formula is C11H11BN2O4. The van der Waals surface area contributed by atoms with Crippen molar-refractivity contribution in [1.82, 2.24) is 4.98 Å². The lowest BCUT2D eigenvalue weighted by Crippen LogP contribution is -2.21. The van der Waals surface area contributed by atoms with E-state index in [0.29, 0.717) is 11.4 Å². The standard InChI is InChI=1S/C11H11BN2O4/c13-8-3-5-9(6-4-8)17-11-10(18-12(15)16)2-1-7-14-11/h1-7,15-16H,13H2. The molecule has 0 amide bonds. The van der Waals surface area contributed by atoms with E-state index in [1.165, 1.54) is 12.3 Å². The molecule has 18 heavy (non-hydrogen) atoms. The number of aromatic nitrogens is 1. The number of anilines is 1. The Kier molecular flexibility index (Phi) is 3.66. The summed E-state index contributed by atoms with van der Waals surface area (Å²) in [6, 6.07) is 9.80. The molecule has 0 atom stereocenters. The van der Waals surface area contributed by atoms with E-state index >= 15 is 0 Å². The molecule has 1 aromatic carbocycles. The molecule has 0 spiro atoms. The van der Waals surface area contributed by atoms with Gasteiger partial charge in [0.25, 0.3) is 5.88 Å². The highest BCUT2D eigenvalue weighted by Gasteiger charge is 2.16. The zero-order chi connectivity index (χ0) is 13.0. The molecule has 0 unspecified atom stereocenters. The molecule has 4 N–H and O–H groups in total. The molecule has 1 heterocycles. The van der Waals surface area contributed by atoms with Crippen LogP contribution in [0.2, 0.25) is 0 Å². The Labute approximate surface area is 104 Å². The van der Waals surface area contributed by atoms with Crippen molar-refractivity contribution in [3.63, 3.8) is 0 Å². The van der Waals surface area contributed by atoms with Crippen LogP contribution in [0.25, 0.3) is 0 Å². The fourth-order valence-electron chi connectivity index (χ4n) is 1.30. The van der Waals surface area contributed by atoms with Crippen LogP contribution >= 0.6 is 0 Å². The fourth-order valence-corrected chi connectivity index (χ4v) is 1.30. The van der Waals surface area contributed by atoms with Crippen molar-refractivity contribution < 1.29 is 19.4 Å². The zero-order valence-corrected chi connectivity index (χ0v) is 9.35. The molecule has 7 heteroatoms. The summed E-state index contributed by atoms with van der Waals surface area (Å²) >= 11 is 0. The first kappa shape index (κ1) is 12.2. The predicted molar refractivity (Wildman–Crippen MR) is 66.0 cm³/mol. The molecule has 2 aromatic rings. The molecule has 0 saturated heterocycles. The molecule has 6 nitrogen and oxygen atoms in total. The number of hydrogen-bond acceptors (Lipinski definition) is 6. The number of pyridine rings is 1. The van der Waals surface area contributed by atoms with E-state index in [-0.39, 0.29) is 11.6 Å². The van der Waals surface area contributed by atoms with Gasteiger partial charge in [-0.2, -0.15) is 0 Å². The monoisotopic (exact) mass is 246 g/mol. The van der Waals surface area contributed by atoms with Crippen LogP contribution in [0.5, 0.6) is 17.4 Å². The summed E-state index contributed by atoms with van der Waals surface area (Å²) in [4.78, 5) is 3.95. The fraction of sp³-hybridized carbons (Fsp3) is 0. The average molecular weight is 246 g/mol. The Bertz CT molecular complexity index is 519. The summed E-state index contributed by atoms with van der Waals surface area (Å²) in [7, 11) is -1.93. The van der Waals surface area contributed by atoms with E-state index in [4.69, 9.17) is 25.2 Å². The third kappa shape index (κ3) is 3.13. The summed E-state index contributed by atoms with van der Waals surface area (Å²) in [5.41, 5.74) is 6.17. The lowest BCUT2D eigenvalue weighted by atomic mass is 10.2. The van der Waals surface area contributed by atoms with E-state index in [0.717, 1.165) is 0 Å². The van der Waals surface area contributed by atoms with Crippen molar-refractivity contribution in [1.29, 1.82) is 0 Å². The average Bonchev–Trinajstić information content (AvgIpc) is 2.34. The zero-order valence-electron chi connectivity index (χ0n) is 9.35. The van der Waals surface area contributed by atoms with Crippen LogP contribution < -0.4 is 15.1 Å². The number of benzene rings is 1. The van der Waals surface area contributed by atoms with Crippen molar-refractivity contribution in [2.24, 2.45) is 0 Å². The summed E-state index contributed by atoms with van der Waals surface area (Å²) in [6.07, 6.45) is 1.50. The molecule has 0 aliphatic carbocycles.